The molecule has 2 nitrogen and oxygen atoms in total. The zero-order valence-corrected chi connectivity index (χ0v) is 7.95. The first kappa shape index (κ1) is 12.4. The van der Waals surface area contributed by atoms with Crippen LogP contribution in [0, 0.1) is 0 Å². The Bertz CT molecular complexity index is 511. The Morgan fingerprint density at radius 1 is 1.20 bits per heavy atom. The molecule has 0 spiro atoms. The van der Waals surface area contributed by atoms with E-state index in [2.05, 4.69) is 0 Å². The third kappa shape index (κ3) is 2.47. The summed E-state index contributed by atoms with van der Waals surface area (Å²) in [4.78, 5) is 10.7. The molecule has 0 unspecified atom stereocenters. The molecule has 1 N–H and O–H groups in total. The molecule has 0 saturated carbocycles. The second-order valence-electron chi connectivity index (χ2n) is 2.98. The van der Waals surface area contributed by atoms with Crippen LogP contribution in [-0.2, 0) is 0 Å². The summed E-state index contributed by atoms with van der Waals surface area (Å²) >= 11 is 5.94. The minimum absolute atomic E-state index is 0. The van der Waals surface area contributed by atoms with Crippen molar-refractivity contribution in [1.29, 1.82) is 0 Å². The fourth-order valence-electron chi connectivity index (χ4n) is 1.38. The van der Waals surface area contributed by atoms with Crippen molar-refractivity contribution in [2.75, 3.05) is 0 Å². The summed E-state index contributed by atoms with van der Waals surface area (Å²) in [6.07, 6.45) is 0. The molecule has 0 heterocycles. The monoisotopic (exact) mass is 324 g/mol. The van der Waals surface area contributed by atoms with Crippen molar-refractivity contribution in [2.24, 2.45) is 0 Å². The van der Waals surface area contributed by atoms with Gasteiger partial charge in [0.05, 0.1) is 5.56 Å². The summed E-state index contributed by atoms with van der Waals surface area (Å²) in [5.41, 5.74) is 0.278. The maximum atomic E-state index is 10.7. The number of fused-ring (bicyclic) bond motifs is 1. The molecule has 0 bridgehead atoms. The number of carboxylic acids is 1. The van der Waals surface area contributed by atoms with Gasteiger partial charge in [0.25, 0.3) is 0 Å². The molecule has 0 aliphatic rings. The van der Waals surface area contributed by atoms with Crippen molar-refractivity contribution in [3.8, 4) is 0 Å². The Hall–Kier alpha value is -0.670. The topological polar surface area (TPSA) is 37.3 Å². The number of hydrogen-bond donors (Lipinski definition) is 1. The number of benzene rings is 2. The van der Waals surface area contributed by atoms with Gasteiger partial charge >= 0.3 is 31.8 Å². The molecule has 0 radical (unpaired) electrons. The molecule has 0 aliphatic carbocycles. The van der Waals surface area contributed by atoms with Crippen LogP contribution in [0.15, 0.2) is 36.4 Å². The quantitative estimate of drug-likeness (QED) is 0.871. The number of hydrogen-bond acceptors (Lipinski definition) is 1. The summed E-state index contributed by atoms with van der Waals surface area (Å²) in [7, 11) is 0. The molecule has 0 saturated heterocycles. The molecule has 2 aromatic carbocycles. The molecule has 0 aromatic heterocycles. The van der Waals surface area contributed by atoms with Crippen molar-refractivity contribution in [1.82, 2.24) is 0 Å². The van der Waals surface area contributed by atoms with Gasteiger partial charge < -0.3 is 5.11 Å². The second-order valence-corrected chi connectivity index (χ2v) is 3.39. The van der Waals surface area contributed by atoms with Gasteiger partial charge in [-0.2, -0.15) is 0 Å². The average molecular weight is 324 g/mol. The number of halogens is 1. The molecule has 4 heteroatoms. The Labute approximate surface area is 111 Å². The van der Waals surface area contributed by atoms with Gasteiger partial charge in [0.1, 0.15) is 0 Å². The van der Waals surface area contributed by atoms with Gasteiger partial charge in [-0.3, -0.25) is 0 Å². The summed E-state index contributed by atoms with van der Waals surface area (Å²) in [6.45, 7) is 0. The molecule has 0 amide bonds. The van der Waals surface area contributed by atoms with Crippen molar-refractivity contribution < 1.29 is 9.90 Å². The third-order valence-corrected chi connectivity index (χ3v) is 2.40. The Kier molecular flexibility index (Phi) is 4.05. The van der Waals surface area contributed by atoms with Crippen LogP contribution in [0.25, 0.3) is 10.8 Å². The summed E-state index contributed by atoms with van der Waals surface area (Å²) in [5.74, 6) is -0.924. The maximum absolute atomic E-state index is 10.7. The van der Waals surface area contributed by atoms with Crippen LogP contribution in [0.2, 0.25) is 5.02 Å². The Morgan fingerprint density at radius 2 is 1.93 bits per heavy atom. The van der Waals surface area contributed by atoms with Crippen molar-refractivity contribution >= 4 is 54.2 Å². The predicted molar refractivity (Wildman–Crippen MR) is 65.9 cm³/mol. The van der Waals surface area contributed by atoms with Gasteiger partial charge in [-0.1, -0.05) is 29.8 Å². The van der Waals surface area contributed by atoms with Crippen molar-refractivity contribution in [2.45, 2.75) is 0 Å². The van der Waals surface area contributed by atoms with Crippen LogP contribution >= 0.6 is 11.6 Å². The first-order valence-corrected chi connectivity index (χ1v) is 4.48. The van der Waals surface area contributed by atoms with Gasteiger partial charge in [-0.15, -0.1) is 0 Å². The van der Waals surface area contributed by atoms with E-state index in [4.69, 9.17) is 16.7 Å². The molecule has 0 fully saturated rings. The SMILES string of the molecule is O=C(O)c1ccc2c(Cl)cccc2c1.[InH3]. The van der Waals surface area contributed by atoms with Gasteiger partial charge in [0, 0.05) is 10.4 Å². The molecule has 2 aromatic rings. The zero-order valence-electron chi connectivity index (χ0n) is 7.20. The Balaban J connectivity index is 0.00000112. The second kappa shape index (κ2) is 4.90. The van der Waals surface area contributed by atoms with Gasteiger partial charge in [-0.05, 0) is 23.6 Å². The molecule has 2 rings (SSSR count). The van der Waals surface area contributed by atoms with E-state index in [9.17, 15) is 4.79 Å². The number of carbonyl (C=O) groups is 1. The van der Waals surface area contributed by atoms with Crippen LogP contribution < -0.4 is 0 Å². The van der Waals surface area contributed by atoms with E-state index in [1.807, 2.05) is 6.07 Å². The average Bonchev–Trinajstić information content (AvgIpc) is 2.17. The summed E-state index contributed by atoms with van der Waals surface area (Å²) in [5, 5.41) is 11.1. The zero-order chi connectivity index (χ0) is 10.1. The van der Waals surface area contributed by atoms with E-state index in [-0.39, 0.29) is 31.4 Å². The van der Waals surface area contributed by atoms with Crippen molar-refractivity contribution in [3.05, 3.63) is 47.0 Å². The van der Waals surface area contributed by atoms with E-state index in [1.54, 1.807) is 30.3 Å². The first-order chi connectivity index (χ1) is 6.68. The molecule has 0 atom stereocenters. The number of aromatic carboxylic acids is 1. The summed E-state index contributed by atoms with van der Waals surface area (Å²) in [6, 6.07) is 10.3. The minimum atomic E-state index is -0.924. The fraction of sp³-hybridized carbons (Fsp3) is 0. The van der Waals surface area contributed by atoms with E-state index < -0.39 is 5.97 Å². The van der Waals surface area contributed by atoms with E-state index in [1.165, 1.54) is 0 Å². The van der Waals surface area contributed by atoms with Gasteiger partial charge in [0.15, 0.2) is 0 Å². The molecule has 15 heavy (non-hydrogen) atoms. The van der Waals surface area contributed by atoms with E-state index >= 15 is 0 Å². The Morgan fingerprint density at radius 3 is 2.60 bits per heavy atom. The van der Waals surface area contributed by atoms with E-state index in [0.717, 1.165) is 10.8 Å². The summed E-state index contributed by atoms with van der Waals surface area (Å²) < 4.78 is 0. The van der Waals surface area contributed by atoms with Crippen LogP contribution in [-0.4, -0.2) is 36.9 Å². The predicted octanol–water partition coefficient (Wildman–Crippen LogP) is 2.01. The molecular weight excluding hydrogens is 314 g/mol. The number of carboxylic acid groups (broad SMARTS) is 1. The van der Waals surface area contributed by atoms with Gasteiger partial charge in [-0.25, -0.2) is 4.79 Å². The van der Waals surface area contributed by atoms with Crippen LogP contribution in [0.3, 0.4) is 0 Å². The van der Waals surface area contributed by atoms with Crippen molar-refractivity contribution in [3.63, 3.8) is 0 Å². The normalized spacial score (nSPS) is 9.67. The fourth-order valence-corrected chi connectivity index (χ4v) is 1.62. The van der Waals surface area contributed by atoms with Gasteiger partial charge in [0.2, 0.25) is 0 Å². The molecular formula is C11H10ClInO2. The third-order valence-electron chi connectivity index (χ3n) is 2.07. The first-order valence-electron chi connectivity index (χ1n) is 4.10. The van der Waals surface area contributed by atoms with Crippen LogP contribution in [0.4, 0.5) is 0 Å². The van der Waals surface area contributed by atoms with Crippen LogP contribution in [0.5, 0.6) is 0 Å². The number of rotatable bonds is 1. The van der Waals surface area contributed by atoms with Crippen LogP contribution in [0.1, 0.15) is 10.4 Å². The standard InChI is InChI=1S/C11H7ClO2.In.3H/c12-10-3-1-2-7-6-8(11(13)14)4-5-9(7)10;;;;/h1-6H,(H,13,14);;;;. The molecule has 0 aliphatic heterocycles. The van der Waals surface area contributed by atoms with E-state index in [0.29, 0.717) is 5.02 Å². The molecule has 76 valence electrons.